The van der Waals surface area contributed by atoms with Crippen LogP contribution in [0.25, 0.3) is 0 Å². The van der Waals surface area contributed by atoms with Gasteiger partial charge in [-0.25, -0.2) is 4.39 Å². The lowest BCUT2D eigenvalue weighted by Crippen LogP contribution is -2.46. The third-order valence-corrected chi connectivity index (χ3v) is 3.73. The molecule has 0 saturated heterocycles. The van der Waals surface area contributed by atoms with Crippen LogP contribution in [0, 0.1) is 18.2 Å². The lowest BCUT2D eigenvalue weighted by Gasteiger charge is -2.24. The van der Waals surface area contributed by atoms with E-state index in [-0.39, 0.29) is 18.3 Å². The first-order valence-electron chi connectivity index (χ1n) is 6.62. The fourth-order valence-corrected chi connectivity index (χ4v) is 2.06. The zero-order valence-electron chi connectivity index (χ0n) is 11.6. The molecule has 1 atom stereocenters. The van der Waals surface area contributed by atoms with Crippen LogP contribution in [-0.4, -0.2) is 23.0 Å². The van der Waals surface area contributed by atoms with Crippen LogP contribution in [0.15, 0.2) is 18.2 Å². The summed E-state index contributed by atoms with van der Waals surface area (Å²) in [5.41, 5.74) is -0.218. The number of carbonyl (C=O) groups is 2. The van der Waals surface area contributed by atoms with Crippen molar-refractivity contribution in [2.24, 2.45) is 5.41 Å². The second kappa shape index (κ2) is 5.23. The second-order valence-electron chi connectivity index (χ2n) is 5.63. The zero-order valence-corrected chi connectivity index (χ0v) is 11.6. The van der Waals surface area contributed by atoms with Gasteiger partial charge >= 0.3 is 5.97 Å². The fourth-order valence-electron chi connectivity index (χ4n) is 2.06. The number of hydrogen-bond donors (Lipinski definition) is 2. The lowest BCUT2D eigenvalue weighted by atomic mass is 9.81. The minimum atomic E-state index is -1.54. The summed E-state index contributed by atoms with van der Waals surface area (Å²) in [4.78, 5) is 23.7. The zero-order chi connectivity index (χ0) is 14.9. The molecule has 1 fully saturated rings. The Balaban J connectivity index is 2.23. The van der Waals surface area contributed by atoms with Gasteiger partial charge in [-0.2, -0.15) is 0 Å². The summed E-state index contributed by atoms with van der Waals surface area (Å²) in [6.45, 7) is 3.12. The average molecular weight is 279 g/mol. The summed E-state index contributed by atoms with van der Waals surface area (Å²) < 4.78 is 13.1. The number of hydrogen-bond acceptors (Lipinski definition) is 2. The van der Waals surface area contributed by atoms with E-state index in [4.69, 9.17) is 0 Å². The quantitative estimate of drug-likeness (QED) is 0.811. The number of nitrogens with one attached hydrogen (secondary N) is 1. The number of halogens is 1. The van der Waals surface area contributed by atoms with Crippen LogP contribution >= 0.6 is 0 Å². The summed E-state index contributed by atoms with van der Waals surface area (Å²) in [5.74, 6) is -2.01. The van der Waals surface area contributed by atoms with Gasteiger partial charge in [0.2, 0.25) is 5.91 Å². The number of rotatable bonds is 5. The SMILES string of the molecule is Cc1cc(F)ccc1CC(C)(C(=O)O)C(=O)NC1CC1. The van der Waals surface area contributed by atoms with Crippen molar-refractivity contribution in [1.29, 1.82) is 0 Å². The van der Waals surface area contributed by atoms with E-state index >= 15 is 0 Å². The van der Waals surface area contributed by atoms with Crippen molar-refractivity contribution in [2.45, 2.75) is 39.2 Å². The number of amides is 1. The first-order chi connectivity index (χ1) is 9.33. The van der Waals surface area contributed by atoms with E-state index in [0.717, 1.165) is 12.8 Å². The maximum atomic E-state index is 13.1. The molecule has 20 heavy (non-hydrogen) atoms. The molecular formula is C15H18FNO3. The van der Waals surface area contributed by atoms with Gasteiger partial charge in [-0.1, -0.05) is 6.07 Å². The second-order valence-corrected chi connectivity index (χ2v) is 5.63. The molecule has 0 heterocycles. The molecule has 1 aromatic rings. The summed E-state index contributed by atoms with van der Waals surface area (Å²) >= 11 is 0. The van der Waals surface area contributed by atoms with Crippen LogP contribution in [0.3, 0.4) is 0 Å². The predicted octanol–water partition coefficient (Wildman–Crippen LogP) is 2.05. The number of carboxylic acids is 1. The Kier molecular flexibility index (Phi) is 3.79. The molecule has 1 unspecified atom stereocenters. The van der Waals surface area contributed by atoms with E-state index in [1.807, 2.05) is 0 Å². The van der Waals surface area contributed by atoms with E-state index in [2.05, 4.69) is 5.32 Å². The van der Waals surface area contributed by atoms with Crippen LogP contribution in [0.1, 0.15) is 30.9 Å². The van der Waals surface area contributed by atoms with E-state index in [9.17, 15) is 19.1 Å². The van der Waals surface area contributed by atoms with Crippen LogP contribution in [-0.2, 0) is 16.0 Å². The van der Waals surface area contributed by atoms with Gasteiger partial charge in [0.05, 0.1) is 0 Å². The summed E-state index contributed by atoms with van der Waals surface area (Å²) in [6.07, 6.45) is 1.85. The molecule has 0 aliphatic heterocycles. The minimum absolute atomic E-state index is 0.0486. The molecular weight excluding hydrogens is 261 g/mol. The molecule has 4 nitrogen and oxygen atoms in total. The van der Waals surface area contributed by atoms with Crippen LogP contribution in [0.2, 0.25) is 0 Å². The molecule has 1 aliphatic rings. The Morgan fingerprint density at radius 2 is 2.10 bits per heavy atom. The Hall–Kier alpha value is -1.91. The number of aliphatic carboxylic acids is 1. The average Bonchev–Trinajstić information content (AvgIpc) is 3.16. The molecule has 0 aromatic heterocycles. The van der Waals surface area contributed by atoms with Gasteiger partial charge in [-0.05, 0) is 56.4 Å². The fraction of sp³-hybridized carbons (Fsp3) is 0.467. The normalized spacial score (nSPS) is 17.4. The van der Waals surface area contributed by atoms with Gasteiger partial charge in [0, 0.05) is 6.04 Å². The van der Waals surface area contributed by atoms with Crippen molar-refractivity contribution in [2.75, 3.05) is 0 Å². The van der Waals surface area contributed by atoms with Gasteiger partial charge in [0.25, 0.3) is 0 Å². The Morgan fingerprint density at radius 1 is 1.45 bits per heavy atom. The molecule has 0 bridgehead atoms. The minimum Gasteiger partial charge on any atom is -0.480 e. The van der Waals surface area contributed by atoms with E-state index in [0.29, 0.717) is 11.1 Å². The Labute approximate surface area is 117 Å². The van der Waals surface area contributed by atoms with Gasteiger partial charge in [0.1, 0.15) is 11.2 Å². The summed E-state index contributed by atoms with van der Waals surface area (Å²) in [5, 5.41) is 12.1. The van der Waals surface area contributed by atoms with Gasteiger partial charge in [-0.15, -0.1) is 0 Å². The molecule has 1 saturated carbocycles. The Morgan fingerprint density at radius 3 is 2.60 bits per heavy atom. The highest BCUT2D eigenvalue weighted by atomic mass is 19.1. The highest BCUT2D eigenvalue weighted by Gasteiger charge is 2.43. The molecule has 1 amide bonds. The Bertz CT molecular complexity index is 554. The van der Waals surface area contributed by atoms with Gasteiger partial charge in [-0.3, -0.25) is 9.59 Å². The standard InChI is InChI=1S/C15H18FNO3/c1-9-7-11(16)4-3-10(9)8-15(2,14(19)20)13(18)17-12-5-6-12/h3-4,7,12H,5-6,8H2,1-2H3,(H,17,18)(H,19,20). The monoisotopic (exact) mass is 279 g/mol. The third kappa shape index (κ3) is 2.98. The van der Waals surface area contributed by atoms with Gasteiger partial charge in [0.15, 0.2) is 0 Å². The molecule has 5 heteroatoms. The summed E-state index contributed by atoms with van der Waals surface area (Å²) in [6, 6.07) is 4.27. The smallest absolute Gasteiger partial charge is 0.319 e. The first-order valence-corrected chi connectivity index (χ1v) is 6.62. The molecule has 108 valence electrons. The van der Waals surface area contributed by atoms with Crippen molar-refractivity contribution >= 4 is 11.9 Å². The number of carboxylic acid groups (broad SMARTS) is 1. The topological polar surface area (TPSA) is 66.4 Å². The highest BCUT2D eigenvalue weighted by Crippen LogP contribution is 2.28. The maximum absolute atomic E-state index is 13.1. The van der Waals surface area contributed by atoms with Crippen LogP contribution < -0.4 is 5.32 Å². The van der Waals surface area contributed by atoms with Crippen molar-refractivity contribution in [1.82, 2.24) is 5.32 Å². The van der Waals surface area contributed by atoms with Crippen molar-refractivity contribution < 1.29 is 19.1 Å². The van der Waals surface area contributed by atoms with E-state index in [1.54, 1.807) is 6.92 Å². The molecule has 0 spiro atoms. The number of aryl methyl sites for hydroxylation is 1. The predicted molar refractivity (Wildman–Crippen MR) is 71.7 cm³/mol. The highest BCUT2D eigenvalue weighted by molar-refractivity contribution is 6.02. The molecule has 1 aromatic carbocycles. The number of benzene rings is 1. The number of carbonyl (C=O) groups excluding carboxylic acids is 1. The molecule has 1 aliphatic carbocycles. The van der Waals surface area contributed by atoms with E-state index < -0.39 is 17.3 Å². The van der Waals surface area contributed by atoms with Crippen LogP contribution in [0.4, 0.5) is 4.39 Å². The molecule has 2 rings (SSSR count). The largest absolute Gasteiger partial charge is 0.480 e. The molecule has 0 radical (unpaired) electrons. The lowest BCUT2D eigenvalue weighted by molar-refractivity contribution is -0.154. The third-order valence-electron chi connectivity index (χ3n) is 3.73. The van der Waals surface area contributed by atoms with Crippen molar-refractivity contribution in [3.8, 4) is 0 Å². The van der Waals surface area contributed by atoms with E-state index in [1.165, 1.54) is 25.1 Å². The first kappa shape index (κ1) is 14.5. The van der Waals surface area contributed by atoms with Gasteiger partial charge < -0.3 is 10.4 Å². The van der Waals surface area contributed by atoms with Crippen molar-refractivity contribution in [3.05, 3.63) is 35.1 Å². The maximum Gasteiger partial charge on any atom is 0.319 e. The van der Waals surface area contributed by atoms with Crippen LogP contribution in [0.5, 0.6) is 0 Å². The summed E-state index contributed by atoms with van der Waals surface area (Å²) in [7, 11) is 0. The molecule has 2 N–H and O–H groups in total. The van der Waals surface area contributed by atoms with Crippen molar-refractivity contribution in [3.63, 3.8) is 0 Å².